The number of hydrogen-bond donors (Lipinski definition) is 0. The number of ether oxygens (including phenoxy) is 1. The zero-order valence-corrected chi connectivity index (χ0v) is 13.5. The number of methoxy groups -OCH3 is 1. The Hall–Kier alpha value is -2.67. The van der Waals surface area contributed by atoms with Crippen LogP contribution in [0, 0.1) is 5.82 Å². The molecule has 5 nitrogen and oxygen atoms in total. The van der Waals surface area contributed by atoms with Crippen molar-refractivity contribution in [2.24, 2.45) is 0 Å². The number of halogens is 1. The van der Waals surface area contributed by atoms with Gasteiger partial charge in [0.05, 0.1) is 18.4 Å². The van der Waals surface area contributed by atoms with Crippen LogP contribution in [-0.4, -0.2) is 28.8 Å². The fraction of sp³-hybridized carbons (Fsp3) is 0.118. The van der Waals surface area contributed by atoms with Gasteiger partial charge in [-0.05, 0) is 24.3 Å². The van der Waals surface area contributed by atoms with E-state index in [1.54, 1.807) is 49.6 Å². The van der Waals surface area contributed by atoms with Crippen LogP contribution >= 0.6 is 11.8 Å². The minimum Gasteiger partial charge on any atom is -0.497 e. The van der Waals surface area contributed by atoms with Gasteiger partial charge in [0.15, 0.2) is 5.78 Å². The van der Waals surface area contributed by atoms with Crippen LogP contribution < -0.4 is 4.74 Å². The van der Waals surface area contributed by atoms with Crippen molar-refractivity contribution in [3.8, 4) is 17.2 Å². The number of thioether (sulfide) groups is 1. The average molecular weight is 344 g/mol. The third kappa shape index (κ3) is 3.62. The second kappa shape index (κ2) is 7.27. The van der Waals surface area contributed by atoms with Gasteiger partial charge in [-0.15, -0.1) is 10.2 Å². The van der Waals surface area contributed by atoms with Gasteiger partial charge in [-0.2, -0.15) is 0 Å². The SMILES string of the molecule is COc1cccc(C(=O)CSc2nnc(-c3ccccc3F)o2)c1. The molecule has 0 N–H and O–H groups in total. The highest BCUT2D eigenvalue weighted by Gasteiger charge is 2.14. The number of ketones is 1. The van der Waals surface area contributed by atoms with Crippen molar-refractivity contribution in [3.05, 3.63) is 59.9 Å². The number of rotatable bonds is 6. The van der Waals surface area contributed by atoms with E-state index in [1.807, 2.05) is 0 Å². The van der Waals surface area contributed by atoms with Crippen LogP contribution in [0.15, 0.2) is 58.2 Å². The summed E-state index contributed by atoms with van der Waals surface area (Å²) < 4.78 is 24.2. The van der Waals surface area contributed by atoms with Crippen LogP contribution in [0.5, 0.6) is 5.75 Å². The minimum absolute atomic E-state index is 0.0874. The first kappa shape index (κ1) is 16.2. The number of carbonyl (C=O) groups is 1. The molecule has 0 aliphatic rings. The summed E-state index contributed by atoms with van der Waals surface area (Å²) in [5.41, 5.74) is 0.770. The van der Waals surface area contributed by atoms with Crippen molar-refractivity contribution in [2.75, 3.05) is 12.9 Å². The van der Waals surface area contributed by atoms with E-state index in [-0.39, 0.29) is 28.2 Å². The van der Waals surface area contributed by atoms with E-state index in [0.717, 1.165) is 11.8 Å². The molecule has 0 unspecified atom stereocenters. The van der Waals surface area contributed by atoms with E-state index >= 15 is 0 Å². The lowest BCUT2D eigenvalue weighted by Gasteiger charge is -2.02. The highest BCUT2D eigenvalue weighted by Crippen LogP contribution is 2.25. The zero-order valence-electron chi connectivity index (χ0n) is 12.7. The first-order valence-electron chi connectivity index (χ1n) is 7.06. The number of nitrogens with zero attached hydrogens (tertiary/aromatic N) is 2. The lowest BCUT2D eigenvalue weighted by atomic mass is 10.1. The molecule has 0 aliphatic carbocycles. The van der Waals surface area contributed by atoms with Gasteiger partial charge in [0.25, 0.3) is 11.1 Å². The minimum atomic E-state index is -0.440. The number of benzene rings is 2. The van der Waals surface area contributed by atoms with Gasteiger partial charge in [-0.1, -0.05) is 36.0 Å². The van der Waals surface area contributed by atoms with Gasteiger partial charge in [-0.3, -0.25) is 4.79 Å². The van der Waals surface area contributed by atoms with E-state index in [4.69, 9.17) is 9.15 Å². The summed E-state index contributed by atoms with van der Waals surface area (Å²) in [6.07, 6.45) is 0. The molecule has 3 aromatic rings. The van der Waals surface area contributed by atoms with Gasteiger partial charge in [0, 0.05) is 5.56 Å². The number of aromatic nitrogens is 2. The predicted molar refractivity (Wildman–Crippen MR) is 87.7 cm³/mol. The molecule has 0 fully saturated rings. The highest BCUT2D eigenvalue weighted by molar-refractivity contribution is 7.99. The maximum Gasteiger partial charge on any atom is 0.277 e. The average Bonchev–Trinajstić information content (AvgIpc) is 3.09. The molecule has 3 rings (SSSR count). The maximum atomic E-state index is 13.7. The fourth-order valence-electron chi connectivity index (χ4n) is 2.02. The fourth-order valence-corrected chi connectivity index (χ4v) is 2.68. The van der Waals surface area contributed by atoms with Gasteiger partial charge in [-0.25, -0.2) is 4.39 Å². The molecule has 0 bridgehead atoms. The Kier molecular flexibility index (Phi) is 4.90. The Morgan fingerprint density at radius 2 is 2.04 bits per heavy atom. The predicted octanol–water partition coefficient (Wildman–Crippen LogP) is 3.86. The van der Waals surface area contributed by atoms with E-state index in [0.29, 0.717) is 11.3 Å². The van der Waals surface area contributed by atoms with Crippen molar-refractivity contribution in [3.63, 3.8) is 0 Å². The molecule has 2 aromatic carbocycles. The molecule has 0 atom stereocenters. The van der Waals surface area contributed by atoms with Crippen LogP contribution in [0.25, 0.3) is 11.5 Å². The Morgan fingerprint density at radius 1 is 1.21 bits per heavy atom. The third-order valence-electron chi connectivity index (χ3n) is 3.23. The molecule has 0 spiro atoms. The maximum absolute atomic E-state index is 13.7. The topological polar surface area (TPSA) is 65.2 Å². The van der Waals surface area contributed by atoms with Crippen molar-refractivity contribution in [1.29, 1.82) is 0 Å². The summed E-state index contributed by atoms with van der Waals surface area (Å²) in [4.78, 5) is 12.2. The first-order chi connectivity index (χ1) is 11.7. The number of hydrogen-bond acceptors (Lipinski definition) is 6. The Labute approximate surface area is 141 Å². The molecule has 7 heteroatoms. The lowest BCUT2D eigenvalue weighted by Crippen LogP contribution is -2.02. The molecular formula is C17H13FN2O3S. The molecule has 0 saturated carbocycles. The number of Topliss-reactive ketones (excluding diaryl/α,β-unsaturated/α-hetero) is 1. The molecule has 0 amide bonds. The Morgan fingerprint density at radius 3 is 2.83 bits per heavy atom. The van der Waals surface area contributed by atoms with E-state index in [2.05, 4.69) is 10.2 Å². The Bertz CT molecular complexity index is 866. The molecule has 0 saturated heterocycles. The first-order valence-corrected chi connectivity index (χ1v) is 8.04. The summed E-state index contributed by atoms with van der Waals surface area (Å²) >= 11 is 1.11. The number of carbonyl (C=O) groups excluding carboxylic acids is 1. The van der Waals surface area contributed by atoms with Gasteiger partial charge < -0.3 is 9.15 Å². The normalized spacial score (nSPS) is 10.6. The molecule has 122 valence electrons. The third-order valence-corrected chi connectivity index (χ3v) is 4.05. The molecule has 24 heavy (non-hydrogen) atoms. The summed E-state index contributed by atoms with van der Waals surface area (Å²) in [7, 11) is 1.54. The van der Waals surface area contributed by atoms with Crippen LogP contribution in [-0.2, 0) is 0 Å². The quantitative estimate of drug-likeness (QED) is 0.500. The summed E-state index contributed by atoms with van der Waals surface area (Å²) in [6.45, 7) is 0. The summed E-state index contributed by atoms with van der Waals surface area (Å²) in [5, 5.41) is 7.86. The summed E-state index contributed by atoms with van der Waals surface area (Å²) in [5.74, 6) is 0.302. The zero-order chi connectivity index (χ0) is 16.9. The van der Waals surface area contributed by atoms with Gasteiger partial charge in [0.1, 0.15) is 11.6 Å². The van der Waals surface area contributed by atoms with Crippen LogP contribution in [0.1, 0.15) is 10.4 Å². The second-order valence-corrected chi connectivity index (χ2v) is 5.72. The standard InChI is InChI=1S/C17H13FN2O3S/c1-22-12-6-4-5-11(9-12)15(21)10-24-17-20-19-16(23-17)13-7-2-3-8-14(13)18/h2-9H,10H2,1H3. The van der Waals surface area contributed by atoms with Crippen molar-refractivity contribution in [1.82, 2.24) is 10.2 Å². The van der Waals surface area contributed by atoms with E-state index in [1.165, 1.54) is 6.07 Å². The van der Waals surface area contributed by atoms with Crippen molar-refractivity contribution < 1.29 is 18.3 Å². The van der Waals surface area contributed by atoms with Gasteiger partial charge in [0.2, 0.25) is 0 Å². The second-order valence-electron chi connectivity index (χ2n) is 4.80. The van der Waals surface area contributed by atoms with Crippen molar-refractivity contribution in [2.45, 2.75) is 5.22 Å². The van der Waals surface area contributed by atoms with Gasteiger partial charge >= 0.3 is 0 Å². The molecule has 1 heterocycles. The molecule has 0 aliphatic heterocycles. The summed E-state index contributed by atoms with van der Waals surface area (Å²) in [6, 6.07) is 13.0. The van der Waals surface area contributed by atoms with E-state index in [9.17, 15) is 9.18 Å². The molecular weight excluding hydrogens is 331 g/mol. The lowest BCUT2D eigenvalue weighted by molar-refractivity contribution is 0.102. The van der Waals surface area contributed by atoms with Crippen LogP contribution in [0.3, 0.4) is 0 Å². The Balaban J connectivity index is 1.67. The molecule has 1 aromatic heterocycles. The van der Waals surface area contributed by atoms with Crippen LogP contribution in [0.2, 0.25) is 0 Å². The highest BCUT2D eigenvalue weighted by atomic mass is 32.2. The largest absolute Gasteiger partial charge is 0.497 e. The van der Waals surface area contributed by atoms with Crippen molar-refractivity contribution >= 4 is 17.5 Å². The molecule has 0 radical (unpaired) electrons. The monoisotopic (exact) mass is 344 g/mol. The van der Waals surface area contributed by atoms with Crippen LogP contribution in [0.4, 0.5) is 4.39 Å². The smallest absolute Gasteiger partial charge is 0.277 e. The van der Waals surface area contributed by atoms with E-state index < -0.39 is 5.82 Å².